The van der Waals surface area contributed by atoms with Gasteiger partial charge >= 0.3 is 0 Å². The van der Waals surface area contributed by atoms with Crippen LogP contribution < -0.4 is 21.7 Å². The quantitative estimate of drug-likeness (QED) is 0.258. The highest BCUT2D eigenvalue weighted by atomic mass is 16.5. The van der Waals surface area contributed by atoms with Crippen molar-refractivity contribution in [2.45, 2.75) is 25.8 Å². The van der Waals surface area contributed by atoms with Crippen molar-refractivity contribution >= 4 is 33.5 Å². The van der Waals surface area contributed by atoms with Crippen molar-refractivity contribution in [3.8, 4) is 17.0 Å². The van der Waals surface area contributed by atoms with E-state index in [1.165, 1.54) is 6.33 Å². The number of hydrogen-bond donors (Lipinski definition) is 3. The maximum Gasteiger partial charge on any atom is 0.237 e. The van der Waals surface area contributed by atoms with E-state index < -0.39 is 0 Å². The summed E-state index contributed by atoms with van der Waals surface area (Å²) in [6.45, 7) is 2.59. The molecule has 5 N–H and O–H groups in total. The van der Waals surface area contributed by atoms with Gasteiger partial charge in [0, 0.05) is 11.5 Å². The SMILES string of the molecule is CCOc1ccc2cc(-c3nn(C4CC(C(=O)NN)C4)c4ncnc(N)c34)ccc2c1. The maximum atomic E-state index is 11.8. The zero-order valence-corrected chi connectivity index (χ0v) is 17.1. The summed E-state index contributed by atoms with van der Waals surface area (Å²) in [6.07, 6.45) is 2.75. The van der Waals surface area contributed by atoms with Gasteiger partial charge in [0.25, 0.3) is 0 Å². The largest absolute Gasteiger partial charge is 0.494 e. The molecule has 158 valence electrons. The van der Waals surface area contributed by atoms with E-state index in [9.17, 15) is 4.79 Å². The molecule has 0 unspecified atom stereocenters. The molecule has 0 atom stereocenters. The van der Waals surface area contributed by atoms with Crippen molar-refractivity contribution in [1.82, 2.24) is 25.2 Å². The van der Waals surface area contributed by atoms with Crippen LogP contribution in [0, 0.1) is 5.92 Å². The van der Waals surface area contributed by atoms with Crippen LogP contribution in [0.25, 0.3) is 33.1 Å². The van der Waals surface area contributed by atoms with Crippen LogP contribution in [0.1, 0.15) is 25.8 Å². The Bertz CT molecular complexity index is 1290. The van der Waals surface area contributed by atoms with Gasteiger partial charge in [-0.2, -0.15) is 5.10 Å². The molecule has 0 bridgehead atoms. The van der Waals surface area contributed by atoms with Gasteiger partial charge in [-0.1, -0.05) is 18.2 Å². The second-order valence-electron chi connectivity index (χ2n) is 7.74. The molecule has 2 aromatic heterocycles. The number of nitrogen functional groups attached to an aromatic ring is 1. The number of hydrogen-bond acceptors (Lipinski definition) is 7. The average molecular weight is 417 g/mol. The van der Waals surface area contributed by atoms with Crippen LogP contribution in [0.2, 0.25) is 0 Å². The summed E-state index contributed by atoms with van der Waals surface area (Å²) in [4.78, 5) is 20.4. The van der Waals surface area contributed by atoms with E-state index in [1.807, 2.05) is 41.9 Å². The number of benzene rings is 2. The highest BCUT2D eigenvalue weighted by molar-refractivity contribution is 6.00. The van der Waals surface area contributed by atoms with Crippen LogP contribution in [0.5, 0.6) is 5.75 Å². The summed E-state index contributed by atoms with van der Waals surface area (Å²) in [6, 6.07) is 12.2. The van der Waals surface area contributed by atoms with Crippen LogP contribution >= 0.6 is 0 Å². The Hall–Kier alpha value is -3.72. The van der Waals surface area contributed by atoms with Crippen LogP contribution in [-0.2, 0) is 4.79 Å². The van der Waals surface area contributed by atoms with E-state index >= 15 is 0 Å². The molecule has 0 radical (unpaired) electrons. The minimum atomic E-state index is -0.150. The predicted molar refractivity (Wildman–Crippen MR) is 118 cm³/mol. The molecular weight excluding hydrogens is 394 g/mol. The van der Waals surface area contributed by atoms with Crippen LogP contribution in [0.3, 0.4) is 0 Å². The Morgan fingerprint density at radius 3 is 2.74 bits per heavy atom. The lowest BCUT2D eigenvalue weighted by Crippen LogP contribution is -2.42. The van der Waals surface area contributed by atoms with Gasteiger partial charge < -0.3 is 10.5 Å². The van der Waals surface area contributed by atoms with Crippen LogP contribution in [-0.4, -0.2) is 32.3 Å². The normalized spacial score (nSPS) is 18.1. The monoisotopic (exact) mass is 417 g/mol. The van der Waals surface area contributed by atoms with Gasteiger partial charge in [-0.25, -0.2) is 20.5 Å². The number of nitrogens with two attached hydrogens (primary N) is 2. The maximum absolute atomic E-state index is 11.8. The minimum Gasteiger partial charge on any atom is -0.494 e. The van der Waals surface area contributed by atoms with E-state index in [0.717, 1.165) is 33.2 Å². The molecule has 1 aliphatic carbocycles. The van der Waals surface area contributed by atoms with E-state index in [-0.39, 0.29) is 17.9 Å². The Kier molecular flexibility index (Phi) is 4.67. The zero-order valence-electron chi connectivity index (χ0n) is 17.1. The van der Waals surface area contributed by atoms with Crippen molar-refractivity contribution in [3.63, 3.8) is 0 Å². The Labute approximate surface area is 178 Å². The molecule has 0 saturated heterocycles. The number of rotatable bonds is 5. The van der Waals surface area contributed by atoms with E-state index in [1.54, 1.807) is 0 Å². The molecule has 1 amide bonds. The summed E-state index contributed by atoms with van der Waals surface area (Å²) in [5.41, 5.74) is 10.8. The smallest absolute Gasteiger partial charge is 0.237 e. The number of amides is 1. The molecule has 0 spiro atoms. The topological polar surface area (TPSA) is 134 Å². The number of fused-ring (bicyclic) bond motifs is 2. The fraction of sp³-hybridized carbons (Fsp3) is 0.273. The van der Waals surface area contributed by atoms with Gasteiger partial charge in [0.2, 0.25) is 5.91 Å². The van der Waals surface area contributed by atoms with Gasteiger partial charge in [-0.15, -0.1) is 0 Å². The predicted octanol–water partition coefficient (Wildman–Crippen LogP) is 2.57. The molecule has 4 aromatic rings. The fourth-order valence-corrected chi connectivity index (χ4v) is 4.20. The first-order valence-corrected chi connectivity index (χ1v) is 10.2. The van der Waals surface area contributed by atoms with Gasteiger partial charge in [0.1, 0.15) is 23.6 Å². The first-order chi connectivity index (χ1) is 15.1. The molecule has 31 heavy (non-hydrogen) atoms. The van der Waals surface area contributed by atoms with Crippen molar-refractivity contribution in [2.24, 2.45) is 11.8 Å². The van der Waals surface area contributed by atoms with Crippen molar-refractivity contribution in [2.75, 3.05) is 12.3 Å². The molecule has 0 aliphatic heterocycles. The molecule has 1 saturated carbocycles. The average Bonchev–Trinajstić information content (AvgIpc) is 3.13. The van der Waals surface area contributed by atoms with Crippen LogP contribution in [0.15, 0.2) is 42.7 Å². The summed E-state index contributed by atoms with van der Waals surface area (Å²) < 4.78 is 7.47. The number of carbonyl (C=O) groups is 1. The lowest BCUT2D eigenvalue weighted by molar-refractivity contribution is -0.128. The van der Waals surface area contributed by atoms with E-state index in [2.05, 4.69) is 21.5 Å². The van der Waals surface area contributed by atoms with Crippen molar-refractivity contribution < 1.29 is 9.53 Å². The lowest BCUT2D eigenvalue weighted by Gasteiger charge is -2.33. The molecule has 9 heteroatoms. The standard InChI is InChI=1S/C22H23N7O2/c1-2-31-17-6-5-12-7-14(4-3-13(12)10-17)19-18-20(23)25-11-26-21(18)29(28-19)16-8-15(9-16)22(30)27-24/h3-7,10-11,15-16H,2,8-9,24H2,1H3,(H,27,30)(H2,23,25,26). The highest BCUT2D eigenvalue weighted by Crippen LogP contribution is 2.41. The minimum absolute atomic E-state index is 0.0575. The molecule has 9 nitrogen and oxygen atoms in total. The Morgan fingerprint density at radius 2 is 1.97 bits per heavy atom. The first kappa shape index (κ1) is 19.3. The third-order valence-electron chi connectivity index (χ3n) is 5.89. The number of carbonyl (C=O) groups excluding carboxylic acids is 1. The number of anilines is 1. The number of nitrogens with zero attached hydrogens (tertiary/aromatic N) is 4. The third kappa shape index (κ3) is 3.23. The third-order valence-corrected chi connectivity index (χ3v) is 5.89. The van der Waals surface area contributed by atoms with Crippen molar-refractivity contribution in [3.05, 3.63) is 42.7 Å². The fourth-order valence-electron chi connectivity index (χ4n) is 4.20. The number of hydrazine groups is 1. The van der Waals surface area contributed by atoms with E-state index in [0.29, 0.717) is 30.9 Å². The van der Waals surface area contributed by atoms with Gasteiger partial charge in [0.05, 0.1) is 18.0 Å². The highest BCUT2D eigenvalue weighted by Gasteiger charge is 2.37. The number of aromatic nitrogens is 4. The van der Waals surface area contributed by atoms with Gasteiger partial charge in [-0.05, 0) is 48.7 Å². The van der Waals surface area contributed by atoms with Gasteiger partial charge in [0.15, 0.2) is 5.65 Å². The Balaban J connectivity index is 1.57. The van der Waals surface area contributed by atoms with Crippen LogP contribution in [0.4, 0.5) is 5.82 Å². The molecular formula is C22H23N7O2. The summed E-state index contributed by atoms with van der Waals surface area (Å²) in [5, 5.41) is 7.74. The molecule has 2 aromatic carbocycles. The molecule has 5 rings (SSSR count). The molecule has 1 aliphatic rings. The second kappa shape index (κ2) is 7.51. The number of nitrogens with one attached hydrogen (secondary N) is 1. The second-order valence-corrected chi connectivity index (χ2v) is 7.74. The zero-order chi connectivity index (χ0) is 21.5. The summed E-state index contributed by atoms with van der Waals surface area (Å²) >= 11 is 0. The van der Waals surface area contributed by atoms with Crippen molar-refractivity contribution in [1.29, 1.82) is 0 Å². The lowest BCUT2D eigenvalue weighted by atomic mass is 9.80. The van der Waals surface area contributed by atoms with Gasteiger partial charge in [-0.3, -0.25) is 10.2 Å². The first-order valence-electron chi connectivity index (χ1n) is 10.2. The summed E-state index contributed by atoms with van der Waals surface area (Å²) in [7, 11) is 0. The van der Waals surface area contributed by atoms with E-state index in [4.69, 9.17) is 21.4 Å². The Morgan fingerprint density at radius 1 is 1.19 bits per heavy atom. The molecule has 2 heterocycles. The summed E-state index contributed by atoms with van der Waals surface area (Å²) in [5.74, 6) is 6.22. The number of ether oxygens (including phenoxy) is 1. The molecule has 1 fully saturated rings.